The molecule has 0 saturated carbocycles. The van der Waals surface area contributed by atoms with Gasteiger partial charge in [-0.15, -0.1) is 0 Å². The maximum Gasteiger partial charge on any atom is 0.458 e. The molecule has 0 unspecified atom stereocenters. The Morgan fingerprint density at radius 2 is 1.58 bits per heavy atom. The lowest BCUT2D eigenvalue weighted by atomic mass is 10.0. The molecule has 0 radical (unpaired) electrons. The topological polar surface area (TPSA) is 86.3 Å². The quantitative estimate of drug-likeness (QED) is 0.360. The summed E-state index contributed by atoms with van der Waals surface area (Å²) in [7, 11) is 0. The van der Waals surface area contributed by atoms with Crippen LogP contribution in [0.15, 0.2) is 0 Å². The Balaban J connectivity index is 4.76. The maximum atomic E-state index is 10.4. The van der Waals surface area contributed by atoms with E-state index >= 15 is 0 Å². The molecule has 0 aliphatic heterocycles. The predicted octanol–water partition coefficient (Wildman–Crippen LogP) is 1.45. The Hall–Kier alpha value is -1.20. The molecule has 6 nitrogen and oxygen atoms in total. The summed E-state index contributed by atoms with van der Waals surface area (Å²) in [5, 5.41) is 20.9. The first kappa shape index (κ1) is 10.8. The summed E-state index contributed by atoms with van der Waals surface area (Å²) in [5.74, 6) is 0. The fourth-order valence-corrected chi connectivity index (χ4v) is 1.08. The van der Waals surface area contributed by atoms with Crippen molar-refractivity contribution in [3.8, 4) is 0 Å². The van der Waals surface area contributed by atoms with Crippen LogP contribution >= 0.6 is 0 Å². The number of nitrogens with zero attached hydrogens (tertiary/aromatic N) is 2. The molecule has 0 aromatic heterocycles. The van der Waals surface area contributed by atoms with E-state index in [1.54, 1.807) is 6.92 Å². The molecule has 12 heavy (non-hydrogen) atoms. The van der Waals surface area contributed by atoms with Crippen LogP contribution in [-0.2, 0) is 0 Å². The van der Waals surface area contributed by atoms with Crippen molar-refractivity contribution < 1.29 is 9.85 Å². The molecule has 0 aliphatic rings. The molecular formula is C6H12N2O4. The lowest BCUT2D eigenvalue weighted by Gasteiger charge is -2.13. The maximum absolute atomic E-state index is 10.4. The van der Waals surface area contributed by atoms with Gasteiger partial charge < -0.3 is 0 Å². The second-order valence-electron chi connectivity index (χ2n) is 2.60. The highest BCUT2D eigenvalue weighted by atomic mass is 16.7. The number of nitro groups is 2. The normalized spacial score (nSPS) is 11.2. The lowest BCUT2D eigenvalue weighted by Crippen LogP contribution is -2.45. The van der Waals surface area contributed by atoms with Gasteiger partial charge in [0.1, 0.15) is 0 Å². The van der Waals surface area contributed by atoms with Crippen LogP contribution in [0.2, 0.25) is 0 Å². The minimum atomic E-state index is -1.96. The van der Waals surface area contributed by atoms with E-state index in [9.17, 15) is 20.2 Å². The zero-order chi connectivity index (χ0) is 9.78. The number of rotatable bonds is 5. The van der Waals surface area contributed by atoms with Gasteiger partial charge in [0.2, 0.25) is 0 Å². The fourth-order valence-electron chi connectivity index (χ4n) is 1.08. The third-order valence-electron chi connectivity index (χ3n) is 1.90. The molecule has 0 rings (SSSR count). The largest absolute Gasteiger partial charge is 0.458 e. The van der Waals surface area contributed by atoms with Crippen molar-refractivity contribution in [2.24, 2.45) is 0 Å². The highest BCUT2D eigenvalue weighted by Gasteiger charge is 2.52. The molecule has 0 aromatic carbocycles. The van der Waals surface area contributed by atoms with E-state index in [0.717, 1.165) is 0 Å². The number of hydrogen-bond acceptors (Lipinski definition) is 4. The summed E-state index contributed by atoms with van der Waals surface area (Å²) in [6.07, 6.45) is 0.361. The first-order valence-electron chi connectivity index (χ1n) is 3.80. The van der Waals surface area contributed by atoms with Crippen LogP contribution in [0.1, 0.15) is 33.1 Å². The predicted molar refractivity (Wildman–Crippen MR) is 41.9 cm³/mol. The van der Waals surface area contributed by atoms with E-state index in [1.165, 1.54) is 6.92 Å². The van der Waals surface area contributed by atoms with E-state index in [0.29, 0.717) is 6.42 Å². The van der Waals surface area contributed by atoms with E-state index in [-0.39, 0.29) is 12.8 Å². The Kier molecular flexibility index (Phi) is 3.59. The smallest absolute Gasteiger partial charge is 0.258 e. The molecule has 0 aliphatic carbocycles. The van der Waals surface area contributed by atoms with E-state index in [4.69, 9.17) is 0 Å². The average molecular weight is 176 g/mol. The molecule has 0 N–H and O–H groups in total. The van der Waals surface area contributed by atoms with Crippen LogP contribution in [-0.4, -0.2) is 15.5 Å². The molecule has 0 heterocycles. The summed E-state index contributed by atoms with van der Waals surface area (Å²) in [5.41, 5.74) is -1.96. The van der Waals surface area contributed by atoms with Gasteiger partial charge >= 0.3 is 5.66 Å². The summed E-state index contributed by atoms with van der Waals surface area (Å²) in [6.45, 7) is 3.15. The van der Waals surface area contributed by atoms with Gasteiger partial charge in [-0.3, -0.25) is 20.2 Å². The Labute approximate surface area is 69.9 Å². The van der Waals surface area contributed by atoms with Gasteiger partial charge in [-0.25, -0.2) is 0 Å². The first-order valence-corrected chi connectivity index (χ1v) is 3.80. The van der Waals surface area contributed by atoms with Gasteiger partial charge in [-0.1, -0.05) is 13.8 Å². The van der Waals surface area contributed by atoms with Crippen LogP contribution < -0.4 is 0 Å². The van der Waals surface area contributed by atoms with E-state index < -0.39 is 15.5 Å². The number of hydrogen-bond donors (Lipinski definition) is 0. The SMILES string of the molecule is CCCC(CC)([N+](=O)[O-])[N+](=O)[O-]. The first-order chi connectivity index (χ1) is 5.51. The Morgan fingerprint density at radius 3 is 1.67 bits per heavy atom. The van der Waals surface area contributed by atoms with Crippen molar-refractivity contribution >= 4 is 0 Å². The van der Waals surface area contributed by atoms with E-state index in [1.807, 2.05) is 0 Å². The van der Waals surface area contributed by atoms with Crippen LogP contribution in [0.3, 0.4) is 0 Å². The highest BCUT2D eigenvalue weighted by Crippen LogP contribution is 2.21. The minimum Gasteiger partial charge on any atom is -0.258 e. The highest BCUT2D eigenvalue weighted by molar-refractivity contribution is 4.63. The van der Waals surface area contributed by atoms with Crippen LogP contribution in [0, 0.1) is 20.2 Å². The van der Waals surface area contributed by atoms with Crippen molar-refractivity contribution in [1.29, 1.82) is 0 Å². The zero-order valence-electron chi connectivity index (χ0n) is 7.15. The summed E-state index contributed by atoms with van der Waals surface area (Å²) in [4.78, 5) is 19.3. The van der Waals surface area contributed by atoms with Crippen LogP contribution in [0.25, 0.3) is 0 Å². The second kappa shape index (κ2) is 3.99. The Bertz CT molecular complexity index is 178. The molecule has 0 amide bonds. The van der Waals surface area contributed by atoms with Crippen molar-refractivity contribution in [2.75, 3.05) is 0 Å². The van der Waals surface area contributed by atoms with Gasteiger partial charge in [0, 0.05) is 0 Å². The molecule has 0 atom stereocenters. The zero-order valence-corrected chi connectivity index (χ0v) is 7.15. The van der Waals surface area contributed by atoms with Gasteiger partial charge in [-0.05, 0) is 6.42 Å². The summed E-state index contributed by atoms with van der Waals surface area (Å²) < 4.78 is 0. The lowest BCUT2D eigenvalue weighted by molar-refractivity contribution is -0.798. The van der Waals surface area contributed by atoms with Crippen LogP contribution in [0.4, 0.5) is 0 Å². The molecule has 0 saturated heterocycles. The molecule has 0 spiro atoms. The van der Waals surface area contributed by atoms with Crippen molar-refractivity contribution in [3.63, 3.8) is 0 Å². The molecule has 0 bridgehead atoms. The monoisotopic (exact) mass is 176 g/mol. The Morgan fingerprint density at radius 1 is 1.17 bits per heavy atom. The third kappa shape index (κ3) is 1.69. The van der Waals surface area contributed by atoms with Crippen molar-refractivity contribution in [2.45, 2.75) is 38.8 Å². The average Bonchev–Trinajstić information content (AvgIpc) is 1.98. The second-order valence-corrected chi connectivity index (χ2v) is 2.60. The fraction of sp³-hybridized carbons (Fsp3) is 1.00. The van der Waals surface area contributed by atoms with Gasteiger partial charge in [0.15, 0.2) is 0 Å². The van der Waals surface area contributed by atoms with E-state index in [2.05, 4.69) is 0 Å². The molecule has 0 fully saturated rings. The molecule has 6 heteroatoms. The molecule has 0 aromatic rings. The summed E-state index contributed by atoms with van der Waals surface area (Å²) in [6, 6.07) is 0. The molecule has 70 valence electrons. The van der Waals surface area contributed by atoms with Crippen LogP contribution in [0.5, 0.6) is 0 Å². The van der Waals surface area contributed by atoms with Crippen molar-refractivity contribution in [1.82, 2.24) is 0 Å². The minimum absolute atomic E-state index is 0.0104. The van der Waals surface area contributed by atoms with Gasteiger partial charge in [-0.2, -0.15) is 0 Å². The van der Waals surface area contributed by atoms with Crippen molar-refractivity contribution in [3.05, 3.63) is 20.2 Å². The molecular weight excluding hydrogens is 164 g/mol. The third-order valence-corrected chi connectivity index (χ3v) is 1.90. The standard InChI is InChI=1S/C6H12N2O4/c1-3-5-6(4-2,7(9)10)8(11)12/h3-5H2,1-2H3. The summed E-state index contributed by atoms with van der Waals surface area (Å²) >= 11 is 0. The van der Waals surface area contributed by atoms with Gasteiger partial charge in [0.05, 0.1) is 22.7 Å². The van der Waals surface area contributed by atoms with Gasteiger partial charge in [0.25, 0.3) is 0 Å².